The lowest BCUT2D eigenvalue weighted by Gasteiger charge is -2.54. The van der Waals surface area contributed by atoms with Crippen LogP contribution in [0.4, 0.5) is 4.79 Å². The number of carbonyl (C=O) groups excluding carboxylic acids is 1. The molecule has 3 aliphatic carbocycles. The summed E-state index contributed by atoms with van der Waals surface area (Å²) in [7, 11) is 1.62. The average Bonchev–Trinajstić information content (AvgIpc) is 3.38. The van der Waals surface area contributed by atoms with Crippen LogP contribution in [0.3, 0.4) is 0 Å². The molecule has 35 heavy (non-hydrogen) atoms. The minimum absolute atomic E-state index is 0.0784. The minimum Gasteiger partial charge on any atom is -0.446 e. The normalized spacial score (nSPS) is 39.2. The molecule has 2 bridgehead atoms. The molecule has 1 amide bonds. The summed E-state index contributed by atoms with van der Waals surface area (Å²) in [4.78, 5) is 16.3. The monoisotopic (exact) mass is 470 g/mol. The second-order valence-electron chi connectivity index (χ2n) is 11.7. The first-order valence-electron chi connectivity index (χ1n) is 13.3. The second-order valence-corrected chi connectivity index (χ2v) is 11.7. The Hall–Kier alpha value is -2.66. The van der Waals surface area contributed by atoms with Crippen LogP contribution in [0.15, 0.2) is 60.0 Å². The van der Waals surface area contributed by atoms with Crippen molar-refractivity contribution in [1.82, 2.24) is 10.3 Å². The van der Waals surface area contributed by atoms with Gasteiger partial charge in [0, 0.05) is 31.2 Å². The molecule has 182 valence electrons. The molecule has 0 radical (unpaired) electrons. The molecular formula is C30H34N2O3. The summed E-state index contributed by atoms with van der Waals surface area (Å²) in [5, 5.41) is 5.09. The van der Waals surface area contributed by atoms with Crippen molar-refractivity contribution in [3.63, 3.8) is 0 Å². The summed E-state index contributed by atoms with van der Waals surface area (Å²) in [5.74, 6) is 1.02. The minimum atomic E-state index is -0.336. The zero-order chi connectivity index (χ0) is 23.8. The van der Waals surface area contributed by atoms with Gasteiger partial charge in [0.25, 0.3) is 0 Å². The predicted octanol–water partition coefficient (Wildman–Crippen LogP) is 6.20. The number of hydrogen-bond donors (Lipinski definition) is 1. The fraction of sp³-hybridized carbons (Fsp3) is 0.533. The first-order valence-corrected chi connectivity index (χ1v) is 13.3. The summed E-state index contributed by atoms with van der Waals surface area (Å²) in [5.41, 5.74) is 4.01. The maximum atomic E-state index is 11.9. The van der Waals surface area contributed by atoms with Crippen molar-refractivity contribution in [1.29, 1.82) is 0 Å². The van der Waals surface area contributed by atoms with Crippen LogP contribution in [-0.4, -0.2) is 35.4 Å². The van der Waals surface area contributed by atoms with Crippen molar-refractivity contribution in [2.45, 2.75) is 81.5 Å². The third kappa shape index (κ3) is 2.97. The number of aromatic nitrogens is 1. The molecule has 3 fully saturated rings. The first kappa shape index (κ1) is 21.6. The fourth-order valence-corrected chi connectivity index (χ4v) is 8.54. The van der Waals surface area contributed by atoms with Gasteiger partial charge in [0.2, 0.25) is 0 Å². The SMILES string of the molecule is CNC(=O)OC1CCC2=CC3=CCC4(C)[C@@H](c5ccc6ccncc6c5)CC[C@H]4[C@@]34CC[C@]2(C1)O4. The molecule has 1 aromatic carbocycles. The summed E-state index contributed by atoms with van der Waals surface area (Å²) in [6.45, 7) is 2.51. The molecular weight excluding hydrogens is 436 g/mol. The number of nitrogens with one attached hydrogen (secondary N) is 1. The molecule has 1 N–H and O–H groups in total. The van der Waals surface area contributed by atoms with E-state index in [1.807, 2.05) is 12.4 Å². The van der Waals surface area contributed by atoms with Crippen LogP contribution in [-0.2, 0) is 9.47 Å². The molecule has 5 heteroatoms. The van der Waals surface area contributed by atoms with Gasteiger partial charge in [-0.25, -0.2) is 4.79 Å². The molecule has 6 atom stereocenters. The molecule has 2 aromatic rings. The Labute approximate surface area is 207 Å². The molecule has 2 saturated carbocycles. The number of benzene rings is 1. The maximum absolute atomic E-state index is 11.9. The number of carbonyl (C=O) groups is 1. The number of ether oxygens (including phenoxy) is 2. The molecule has 2 aliphatic heterocycles. The van der Waals surface area contributed by atoms with Crippen molar-refractivity contribution in [3.8, 4) is 0 Å². The van der Waals surface area contributed by atoms with Crippen LogP contribution in [0.1, 0.15) is 69.8 Å². The molecule has 5 aliphatic rings. The number of fused-ring (bicyclic) bond motifs is 2. The van der Waals surface area contributed by atoms with Crippen molar-refractivity contribution < 1.29 is 14.3 Å². The molecule has 5 nitrogen and oxygen atoms in total. The van der Waals surface area contributed by atoms with E-state index in [0.29, 0.717) is 11.8 Å². The zero-order valence-corrected chi connectivity index (χ0v) is 20.7. The summed E-state index contributed by atoms with van der Waals surface area (Å²) < 4.78 is 13.0. The van der Waals surface area contributed by atoms with Crippen molar-refractivity contribution in [2.75, 3.05) is 7.05 Å². The number of pyridine rings is 1. The van der Waals surface area contributed by atoms with E-state index in [-0.39, 0.29) is 28.8 Å². The standard InChI is InChI=1S/C30H34N2O3/c1-28-11-9-23-16-22-5-6-24(34-27(33)31-2)17-29(22)12-13-30(23,35-29)26(28)8-7-25(28)20-4-3-19-10-14-32-18-21(19)15-20/h3-4,9-10,14-16,18,24-26H,5-8,11-13,17H2,1-2H3,(H,31,33)/t24?,25-,26-,28?,29-,30-/m1/s1. The van der Waals surface area contributed by atoms with E-state index in [4.69, 9.17) is 9.47 Å². The number of allylic oxidation sites excluding steroid dienone is 1. The van der Waals surface area contributed by atoms with Gasteiger partial charge in [-0.15, -0.1) is 0 Å². The van der Waals surface area contributed by atoms with Crippen molar-refractivity contribution >= 4 is 16.9 Å². The van der Waals surface area contributed by atoms with E-state index in [1.54, 1.807) is 7.05 Å². The lowest BCUT2D eigenvalue weighted by molar-refractivity contribution is -0.144. The summed E-state index contributed by atoms with van der Waals surface area (Å²) in [6, 6.07) is 9.07. The van der Waals surface area contributed by atoms with Crippen LogP contribution < -0.4 is 5.32 Å². The average molecular weight is 471 g/mol. The van der Waals surface area contributed by atoms with E-state index in [2.05, 4.69) is 53.6 Å². The Bertz CT molecular complexity index is 1280. The van der Waals surface area contributed by atoms with Gasteiger partial charge >= 0.3 is 6.09 Å². The highest BCUT2D eigenvalue weighted by Crippen LogP contribution is 2.69. The number of amides is 1. The molecule has 3 heterocycles. The maximum Gasteiger partial charge on any atom is 0.407 e. The molecule has 7 rings (SSSR count). The smallest absolute Gasteiger partial charge is 0.407 e. The summed E-state index contributed by atoms with van der Waals surface area (Å²) >= 11 is 0. The Morgan fingerprint density at radius 3 is 2.97 bits per heavy atom. The van der Waals surface area contributed by atoms with Crippen molar-refractivity contribution in [3.05, 3.63) is 65.5 Å². The van der Waals surface area contributed by atoms with Gasteiger partial charge in [0.15, 0.2) is 0 Å². The van der Waals surface area contributed by atoms with E-state index in [1.165, 1.54) is 40.3 Å². The number of hydrogen-bond acceptors (Lipinski definition) is 4. The van der Waals surface area contributed by atoms with Crippen LogP contribution in [0.2, 0.25) is 0 Å². The Morgan fingerprint density at radius 1 is 1.17 bits per heavy atom. The Kier molecular flexibility index (Phi) is 4.58. The lowest BCUT2D eigenvalue weighted by atomic mass is 9.58. The number of nitrogens with zero attached hydrogens (tertiary/aromatic N) is 1. The third-order valence-corrected chi connectivity index (χ3v) is 10.2. The highest BCUT2D eigenvalue weighted by Gasteiger charge is 2.66. The fourth-order valence-electron chi connectivity index (χ4n) is 8.54. The van der Waals surface area contributed by atoms with E-state index < -0.39 is 0 Å². The largest absolute Gasteiger partial charge is 0.446 e. The summed E-state index contributed by atoms with van der Waals surface area (Å²) in [6.07, 6.45) is 16.7. The zero-order valence-electron chi connectivity index (χ0n) is 20.7. The van der Waals surface area contributed by atoms with E-state index in [9.17, 15) is 4.79 Å². The number of alkyl carbamates (subject to hydrolysis) is 1. The van der Waals surface area contributed by atoms with E-state index in [0.717, 1.165) is 38.5 Å². The first-order chi connectivity index (χ1) is 17.0. The van der Waals surface area contributed by atoms with Crippen LogP contribution in [0, 0.1) is 11.3 Å². The van der Waals surface area contributed by atoms with Crippen molar-refractivity contribution in [2.24, 2.45) is 11.3 Å². The van der Waals surface area contributed by atoms with Gasteiger partial charge in [-0.2, -0.15) is 0 Å². The van der Waals surface area contributed by atoms with Gasteiger partial charge < -0.3 is 14.8 Å². The van der Waals surface area contributed by atoms with Gasteiger partial charge in [-0.1, -0.05) is 31.2 Å². The second kappa shape index (κ2) is 7.42. The predicted molar refractivity (Wildman–Crippen MR) is 135 cm³/mol. The molecule has 1 aromatic heterocycles. The topological polar surface area (TPSA) is 60.5 Å². The lowest BCUT2D eigenvalue weighted by Crippen LogP contribution is -2.54. The van der Waals surface area contributed by atoms with Crippen LogP contribution >= 0.6 is 0 Å². The molecule has 2 unspecified atom stereocenters. The Morgan fingerprint density at radius 2 is 2.09 bits per heavy atom. The Balaban J connectivity index is 1.23. The van der Waals surface area contributed by atoms with E-state index >= 15 is 0 Å². The van der Waals surface area contributed by atoms with Crippen LogP contribution in [0.5, 0.6) is 0 Å². The highest BCUT2D eigenvalue weighted by atomic mass is 16.6. The number of rotatable bonds is 2. The highest BCUT2D eigenvalue weighted by molar-refractivity contribution is 5.82. The van der Waals surface area contributed by atoms with Crippen LogP contribution in [0.25, 0.3) is 10.8 Å². The van der Waals surface area contributed by atoms with Gasteiger partial charge in [0.1, 0.15) is 6.10 Å². The van der Waals surface area contributed by atoms with Gasteiger partial charge in [0.05, 0.1) is 11.2 Å². The van der Waals surface area contributed by atoms with Gasteiger partial charge in [-0.05, 0) is 96.4 Å². The molecule has 2 spiro atoms. The third-order valence-electron chi connectivity index (χ3n) is 10.2. The van der Waals surface area contributed by atoms with Gasteiger partial charge in [-0.3, -0.25) is 4.98 Å². The molecule has 1 saturated heterocycles. The quantitative estimate of drug-likeness (QED) is 0.568.